The zero-order valence-corrected chi connectivity index (χ0v) is 15.0. The molecule has 0 saturated heterocycles. The lowest BCUT2D eigenvalue weighted by molar-refractivity contribution is -0.159. The van der Waals surface area contributed by atoms with Gasteiger partial charge in [-0.2, -0.15) is 0 Å². The van der Waals surface area contributed by atoms with E-state index in [1.54, 1.807) is 0 Å². The van der Waals surface area contributed by atoms with Crippen molar-refractivity contribution in [1.29, 1.82) is 0 Å². The van der Waals surface area contributed by atoms with Gasteiger partial charge in [0.25, 0.3) is 0 Å². The maximum absolute atomic E-state index is 9.88. The number of nitrogens with one attached hydrogen (secondary N) is 1. The van der Waals surface area contributed by atoms with E-state index in [9.17, 15) is 10.2 Å². The Labute approximate surface area is 152 Å². The highest BCUT2D eigenvalue weighted by Crippen LogP contribution is 2.29. The Hall–Kier alpha value is -2.16. The minimum Gasteiger partial charge on any atom is -0.491 e. The van der Waals surface area contributed by atoms with Gasteiger partial charge >= 0.3 is 11.9 Å². The summed E-state index contributed by atoms with van der Waals surface area (Å²) in [7, 11) is 0. The number of benzene rings is 1. The number of hydrogen-bond donors (Lipinski definition) is 5. The van der Waals surface area contributed by atoms with Gasteiger partial charge in [-0.3, -0.25) is 0 Å². The Bertz CT molecular complexity index is 591. The molecule has 26 heavy (non-hydrogen) atoms. The molecule has 0 saturated carbocycles. The molecule has 8 nitrogen and oxygen atoms in total. The van der Waals surface area contributed by atoms with Crippen LogP contribution >= 0.6 is 0 Å². The van der Waals surface area contributed by atoms with Crippen LogP contribution in [0.3, 0.4) is 0 Å². The number of aliphatic carboxylic acids is 2. The summed E-state index contributed by atoms with van der Waals surface area (Å²) in [6, 6.07) is 6.29. The molecule has 1 aliphatic rings. The number of fused-ring (bicyclic) bond motifs is 1. The summed E-state index contributed by atoms with van der Waals surface area (Å²) >= 11 is 0. The molecule has 0 aromatic heterocycles. The molecule has 0 radical (unpaired) electrons. The number of aliphatic hydroxyl groups excluding tert-OH is 2. The monoisotopic (exact) mass is 369 g/mol. The fourth-order valence-electron chi connectivity index (χ4n) is 2.50. The van der Waals surface area contributed by atoms with Gasteiger partial charge in [-0.15, -0.1) is 0 Å². The number of carbonyl (C=O) groups is 2. The molecule has 2 rings (SSSR count). The van der Waals surface area contributed by atoms with Crippen molar-refractivity contribution in [3.8, 4) is 5.75 Å². The molecule has 5 N–H and O–H groups in total. The van der Waals surface area contributed by atoms with Crippen molar-refractivity contribution in [2.45, 2.75) is 51.4 Å². The molecule has 1 aromatic carbocycles. The molecule has 146 valence electrons. The number of rotatable bonds is 6. The highest BCUT2D eigenvalue weighted by Gasteiger charge is 2.19. The van der Waals surface area contributed by atoms with Crippen LogP contribution in [-0.4, -0.2) is 63.8 Å². The predicted molar refractivity (Wildman–Crippen MR) is 94.4 cm³/mol. The minimum atomic E-state index is -1.82. The van der Waals surface area contributed by atoms with E-state index in [1.807, 2.05) is 32.0 Å². The molecular weight excluding hydrogens is 342 g/mol. The third-order valence-electron chi connectivity index (χ3n) is 3.79. The third kappa shape index (κ3) is 7.81. The highest BCUT2D eigenvalue weighted by atomic mass is 16.5. The minimum absolute atomic E-state index is 0.237. The van der Waals surface area contributed by atoms with Crippen molar-refractivity contribution in [2.75, 3.05) is 13.2 Å². The second-order valence-electron chi connectivity index (χ2n) is 6.43. The average molecular weight is 369 g/mol. The Balaban J connectivity index is 0.000000487. The topological polar surface area (TPSA) is 136 Å². The fourth-order valence-corrected chi connectivity index (χ4v) is 2.50. The SMILES string of the molecule is CC(C)NCC(O)COc1cccc2c1CCC(O)C2.O=C(O)C(=O)O. The quantitative estimate of drug-likeness (QED) is 0.455. The largest absolute Gasteiger partial charge is 0.491 e. The van der Waals surface area contributed by atoms with Gasteiger partial charge in [0.15, 0.2) is 0 Å². The lowest BCUT2D eigenvalue weighted by Gasteiger charge is -2.23. The van der Waals surface area contributed by atoms with E-state index >= 15 is 0 Å². The van der Waals surface area contributed by atoms with Gasteiger partial charge in [0, 0.05) is 12.6 Å². The molecule has 2 atom stereocenters. The lowest BCUT2D eigenvalue weighted by atomic mass is 9.89. The van der Waals surface area contributed by atoms with E-state index in [-0.39, 0.29) is 6.10 Å². The molecule has 2 unspecified atom stereocenters. The van der Waals surface area contributed by atoms with Crippen LogP contribution in [0.15, 0.2) is 18.2 Å². The molecule has 0 aliphatic heterocycles. The van der Waals surface area contributed by atoms with E-state index in [0.717, 1.165) is 24.2 Å². The molecule has 0 amide bonds. The summed E-state index contributed by atoms with van der Waals surface area (Å²) in [6.45, 7) is 4.92. The molecule has 1 aliphatic carbocycles. The Morgan fingerprint density at radius 2 is 1.92 bits per heavy atom. The number of ether oxygens (including phenoxy) is 1. The van der Waals surface area contributed by atoms with Crippen LogP contribution in [0.5, 0.6) is 5.75 Å². The van der Waals surface area contributed by atoms with Crippen LogP contribution in [0.1, 0.15) is 31.4 Å². The van der Waals surface area contributed by atoms with E-state index in [0.29, 0.717) is 25.6 Å². The van der Waals surface area contributed by atoms with Crippen LogP contribution in [0.2, 0.25) is 0 Å². The van der Waals surface area contributed by atoms with Crippen LogP contribution in [0.25, 0.3) is 0 Å². The summed E-state index contributed by atoms with van der Waals surface area (Å²) in [5.74, 6) is -2.80. The smallest absolute Gasteiger partial charge is 0.414 e. The van der Waals surface area contributed by atoms with Gasteiger partial charge in [0.1, 0.15) is 18.5 Å². The molecule has 8 heteroatoms. The van der Waals surface area contributed by atoms with Gasteiger partial charge in [0.05, 0.1) is 6.10 Å². The third-order valence-corrected chi connectivity index (χ3v) is 3.79. The van der Waals surface area contributed by atoms with E-state index in [4.69, 9.17) is 24.5 Å². The number of carboxylic acid groups (broad SMARTS) is 2. The maximum Gasteiger partial charge on any atom is 0.414 e. The lowest BCUT2D eigenvalue weighted by Crippen LogP contribution is -2.35. The van der Waals surface area contributed by atoms with Gasteiger partial charge < -0.3 is 30.5 Å². The average Bonchev–Trinajstić information content (AvgIpc) is 2.58. The maximum atomic E-state index is 9.88. The summed E-state index contributed by atoms with van der Waals surface area (Å²) in [5, 5.41) is 37.5. The van der Waals surface area contributed by atoms with E-state index < -0.39 is 18.0 Å². The second kappa shape index (κ2) is 10.7. The number of hydrogen-bond acceptors (Lipinski definition) is 6. The predicted octanol–water partition coefficient (Wildman–Crippen LogP) is 0.429. The molecule has 0 heterocycles. The number of aliphatic hydroxyl groups is 2. The molecule has 1 aromatic rings. The summed E-state index contributed by atoms with van der Waals surface area (Å²) in [6.07, 6.45) is 1.57. The normalized spacial score (nSPS) is 16.9. The zero-order valence-electron chi connectivity index (χ0n) is 15.0. The Kier molecular flexibility index (Phi) is 9.04. The molecule has 0 fully saturated rings. The van der Waals surface area contributed by atoms with Gasteiger partial charge in [-0.1, -0.05) is 26.0 Å². The van der Waals surface area contributed by atoms with Crippen molar-refractivity contribution in [1.82, 2.24) is 5.32 Å². The zero-order chi connectivity index (χ0) is 19.7. The first-order valence-electron chi connectivity index (χ1n) is 8.50. The van der Waals surface area contributed by atoms with Crippen molar-refractivity contribution in [2.24, 2.45) is 0 Å². The first kappa shape index (κ1) is 21.9. The van der Waals surface area contributed by atoms with Crippen LogP contribution in [0, 0.1) is 0 Å². The standard InChI is InChI=1S/C16H25NO3.C2H2O4/c1-11(2)17-9-14(19)10-20-16-5-3-4-12-8-13(18)6-7-15(12)16;3-1(4)2(5)6/h3-5,11,13-14,17-19H,6-10H2,1-2H3;(H,3,4)(H,5,6). The highest BCUT2D eigenvalue weighted by molar-refractivity contribution is 6.27. The Morgan fingerprint density at radius 1 is 1.27 bits per heavy atom. The number of carboxylic acids is 2. The van der Waals surface area contributed by atoms with Gasteiger partial charge in [-0.05, 0) is 36.5 Å². The molecular formula is C18H27NO7. The first-order valence-corrected chi connectivity index (χ1v) is 8.50. The fraction of sp³-hybridized carbons (Fsp3) is 0.556. The molecule has 0 spiro atoms. The molecule has 0 bridgehead atoms. The van der Waals surface area contributed by atoms with Gasteiger partial charge in [0.2, 0.25) is 0 Å². The summed E-state index contributed by atoms with van der Waals surface area (Å²) in [4.78, 5) is 18.2. The summed E-state index contributed by atoms with van der Waals surface area (Å²) < 4.78 is 5.76. The Morgan fingerprint density at radius 3 is 2.50 bits per heavy atom. The van der Waals surface area contributed by atoms with Crippen molar-refractivity contribution >= 4 is 11.9 Å². The van der Waals surface area contributed by atoms with Crippen LogP contribution in [0.4, 0.5) is 0 Å². The first-order chi connectivity index (χ1) is 12.2. The van der Waals surface area contributed by atoms with Crippen molar-refractivity contribution in [3.05, 3.63) is 29.3 Å². The second-order valence-corrected chi connectivity index (χ2v) is 6.43. The van der Waals surface area contributed by atoms with E-state index in [2.05, 4.69) is 5.32 Å². The summed E-state index contributed by atoms with van der Waals surface area (Å²) in [5.41, 5.74) is 2.35. The van der Waals surface area contributed by atoms with Crippen LogP contribution in [-0.2, 0) is 22.4 Å². The van der Waals surface area contributed by atoms with Crippen molar-refractivity contribution < 1.29 is 34.8 Å². The van der Waals surface area contributed by atoms with E-state index in [1.165, 1.54) is 5.56 Å². The van der Waals surface area contributed by atoms with Crippen LogP contribution < -0.4 is 10.1 Å². The van der Waals surface area contributed by atoms with Crippen molar-refractivity contribution in [3.63, 3.8) is 0 Å². The van der Waals surface area contributed by atoms with Gasteiger partial charge in [-0.25, -0.2) is 9.59 Å².